The average Bonchev–Trinajstić information content (AvgIpc) is 2.55. The third-order valence-corrected chi connectivity index (χ3v) is 4.99. The lowest BCUT2D eigenvalue weighted by Crippen LogP contribution is -2.40. The van der Waals surface area contributed by atoms with Gasteiger partial charge in [-0.3, -0.25) is 4.79 Å². The molecule has 5 heteroatoms. The first kappa shape index (κ1) is 18.1. The Bertz CT molecular complexity index is 520. The van der Waals surface area contributed by atoms with E-state index in [0.717, 1.165) is 37.2 Å². The predicted octanol–water partition coefficient (Wildman–Crippen LogP) is 2.94. The van der Waals surface area contributed by atoms with Gasteiger partial charge in [0.05, 0.1) is 12.2 Å². The Morgan fingerprint density at radius 2 is 2.30 bits per heavy atom. The van der Waals surface area contributed by atoms with Gasteiger partial charge in [0.2, 0.25) is 0 Å². The van der Waals surface area contributed by atoms with Crippen LogP contribution in [0, 0.1) is 12.8 Å². The van der Waals surface area contributed by atoms with E-state index in [9.17, 15) is 4.79 Å². The van der Waals surface area contributed by atoms with Gasteiger partial charge in [-0.2, -0.15) is 11.8 Å². The molecule has 1 saturated heterocycles. The number of ether oxygens (including phenoxy) is 1. The highest BCUT2D eigenvalue weighted by atomic mass is 32.2. The number of benzene rings is 1. The second-order valence-electron chi connectivity index (χ2n) is 6.21. The molecule has 1 unspecified atom stereocenters. The zero-order valence-electron chi connectivity index (χ0n) is 14.2. The lowest BCUT2D eigenvalue weighted by molar-refractivity contribution is 0.0681. The van der Waals surface area contributed by atoms with Gasteiger partial charge in [0.25, 0.3) is 5.91 Å². The Balaban J connectivity index is 2.11. The van der Waals surface area contributed by atoms with Crippen LogP contribution in [0.2, 0.25) is 0 Å². The lowest BCUT2D eigenvalue weighted by atomic mass is 9.99. The summed E-state index contributed by atoms with van der Waals surface area (Å²) in [7, 11) is 0. The van der Waals surface area contributed by atoms with E-state index in [1.165, 1.54) is 6.42 Å². The smallest absolute Gasteiger partial charge is 0.257 e. The minimum atomic E-state index is 0.0959. The molecule has 2 rings (SSSR count). The summed E-state index contributed by atoms with van der Waals surface area (Å²) in [5.74, 6) is 2.51. The molecule has 1 amide bonds. The number of carbonyl (C=O) groups excluding carboxylic acids is 1. The van der Waals surface area contributed by atoms with Crippen LogP contribution in [0.1, 0.15) is 35.2 Å². The molecule has 0 aliphatic carbocycles. The summed E-state index contributed by atoms with van der Waals surface area (Å²) in [6, 6.07) is 5.83. The van der Waals surface area contributed by atoms with Gasteiger partial charge < -0.3 is 15.4 Å². The summed E-state index contributed by atoms with van der Waals surface area (Å²) >= 11 is 1.86. The molecule has 0 aromatic heterocycles. The normalized spacial score (nSPS) is 18.0. The van der Waals surface area contributed by atoms with Crippen molar-refractivity contribution in [2.24, 2.45) is 11.7 Å². The minimum absolute atomic E-state index is 0.0959. The number of carbonyl (C=O) groups is 1. The predicted molar refractivity (Wildman–Crippen MR) is 97.4 cm³/mol. The quantitative estimate of drug-likeness (QED) is 0.778. The maximum atomic E-state index is 12.9. The number of likely N-dealkylation sites (tertiary alicyclic amines) is 1. The third kappa shape index (κ3) is 5.15. The number of nitrogens with two attached hydrogens (primary N) is 1. The van der Waals surface area contributed by atoms with Crippen LogP contribution in [0.15, 0.2) is 18.2 Å². The highest BCUT2D eigenvalue weighted by Crippen LogP contribution is 2.26. The molecule has 1 aromatic rings. The summed E-state index contributed by atoms with van der Waals surface area (Å²) in [4.78, 5) is 14.9. The first-order valence-electron chi connectivity index (χ1n) is 8.37. The second kappa shape index (κ2) is 9.18. The van der Waals surface area contributed by atoms with Gasteiger partial charge in [0.1, 0.15) is 5.75 Å². The van der Waals surface area contributed by atoms with Crippen LogP contribution in [0.5, 0.6) is 5.75 Å². The Morgan fingerprint density at radius 1 is 1.48 bits per heavy atom. The third-order valence-electron chi connectivity index (χ3n) is 4.18. The monoisotopic (exact) mass is 336 g/mol. The van der Waals surface area contributed by atoms with Crippen molar-refractivity contribution in [3.63, 3.8) is 0 Å². The van der Waals surface area contributed by atoms with Gasteiger partial charge in [-0.1, -0.05) is 6.07 Å². The van der Waals surface area contributed by atoms with Gasteiger partial charge >= 0.3 is 0 Å². The van der Waals surface area contributed by atoms with Crippen LogP contribution in [-0.4, -0.2) is 49.1 Å². The fraction of sp³-hybridized carbons (Fsp3) is 0.611. The molecule has 1 aliphatic heterocycles. The number of hydrogen-bond donors (Lipinski definition) is 1. The molecule has 1 aromatic carbocycles. The van der Waals surface area contributed by atoms with Crippen molar-refractivity contribution in [2.75, 3.05) is 38.2 Å². The van der Waals surface area contributed by atoms with Crippen LogP contribution in [0.4, 0.5) is 0 Å². The van der Waals surface area contributed by atoms with Crippen molar-refractivity contribution in [3.05, 3.63) is 29.3 Å². The van der Waals surface area contributed by atoms with E-state index in [1.54, 1.807) is 0 Å². The molecule has 2 N–H and O–H groups in total. The number of aryl methyl sites for hydroxylation is 1. The first-order valence-corrected chi connectivity index (χ1v) is 9.76. The number of amides is 1. The van der Waals surface area contributed by atoms with E-state index in [0.29, 0.717) is 30.4 Å². The summed E-state index contributed by atoms with van der Waals surface area (Å²) in [6.07, 6.45) is 5.23. The van der Waals surface area contributed by atoms with E-state index in [-0.39, 0.29) is 5.91 Å². The van der Waals surface area contributed by atoms with Crippen LogP contribution >= 0.6 is 11.8 Å². The number of hydrogen-bond acceptors (Lipinski definition) is 4. The molecular weight excluding hydrogens is 308 g/mol. The summed E-state index contributed by atoms with van der Waals surface area (Å²) in [5.41, 5.74) is 7.30. The molecule has 1 heterocycles. The molecule has 4 nitrogen and oxygen atoms in total. The SMILES string of the molecule is CSCC1CCCN(C(=O)c2ccc(C)cc2OCCCN)C1. The Kier molecular flexibility index (Phi) is 7.24. The largest absolute Gasteiger partial charge is 0.493 e. The summed E-state index contributed by atoms with van der Waals surface area (Å²) < 4.78 is 5.81. The van der Waals surface area contributed by atoms with Crippen LogP contribution in [0.3, 0.4) is 0 Å². The Morgan fingerprint density at radius 3 is 3.04 bits per heavy atom. The summed E-state index contributed by atoms with van der Waals surface area (Å²) in [5, 5.41) is 0. The Hall–Kier alpha value is -1.20. The molecule has 0 radical (unpaired) electrons. The van der Waals surface area contributed by atoms with Gasteiger partial charge in [-0.05, 0) is 68.4 Å². The topological polar surface area (TPSA) is 55.6 Å². The van der Waals surface area contributed by atoms with E-state index in [1.807, 2.05) is 41.8 Å². The Labute approximate surface area is 143 Å². The molecule has 1 atom stereocenters. The van der Waals surface area contributed by atoms with Gasteiger partial charge in [0.15, 0.2) is 0 Å². The minimum Gasteiger partial charge on any atom is -0.493 e. The molecule has 1 aliphatic rings. The standard InChI is InChI=1S/C18H28N2O2S/c1-14-6-7-16(17(11-14)22-10-4-8-19)18(21)20-9-3-5-15(12-20)13-23-2/h6-7,11,15H,3-5,8-10,12-13,19H2,1-2H3. The van der Waals surface area contributed by atoms with E-state index < -0.39 is 0 Å². The summed E-state index contributed by atoms with van der Waals surface area (Å²) in [6.45, 7) is 4.86. The van der Waals surface area contributed by atoms with Crippen molar-refractivity contribution < 1.29 is 9.53 Å². The van der Waals surface area contributed by atoms with Crippen LogP contribution in [0.25, 0.3) is 0 Å². The van der Waals surface area contributed by atoms with E-state index >= 15 is 0 Å². The molecular formula is C18H28N2O2S. The molecule has 0 bridgehead atoms. The van der Waals surface area contributed by atoms with Gasteiger partial charge in [-0.25, -0.2) is 0 Å². The number of nitrogens with zero attached hydrogens (tertiary/aromatic N) is 1. The fourth-order valence-corrected chi connectivity index (χ4v) is 3.73. The fourth-order valence-electron chi connectivity index (χ4n) is 2.98. The number of thioether (sulfide) groups is 1. The zero-order valence-corrected chi connectivity index (χ0v) is 15.0. The van der Waals surface area contributed by atoms with E-state index in [2.05, 4.69) is 6.26 Å². The zero-order chi connectivity index (χ0) is 16.7. The molecule has 0 spiro atoms. The van der Waals surface area contributed by atoms with E-state index in [4.69, 9.17) is 10.5 Å². The highest BCUT2D eigenvalue weighted by molar-refractivity contribution is 7.98. The molecule has 1 fully saturated rings. The molecule has 128 valence electrons. The van der Waals surface area contributed by atoms with Crippen molar-refractivity contribution in [1.29, 1.82) is 0 Å². The highest BCUT2D eigenvalue weighted by Gasteiger charge is 2.26. The van der Waals surface area contributed by atoms with Crippen molar-refractivity contribution in [2.45, 2.75) is 26.2 Å². The average molecular weight is 337 g/mol. The van der Waals surface area contributed by atoms with Crippen molar-refractivity contribution in [1.82, 2.24) is 4.90 Å². The number of rotatable bonds is 7. The second-order valence-corrected chi connectivity index (χ2v) is 7.12. The molecule has 0 saturated carbocycles. The van der Waals surface area contributed by atoms with Gasteiger partial charge in [0, 0.05) is 13.1 Å². The van der Waals surface area contributed by atoms with Crippen LogP contribution < -0.4 is 10.5 Å². The van der Waals surface area contributed by atoms with Crippen molar-refractivity contribution in [3.8, 4) is 5.75 Å². The maximum absolute atomic E-state index is 12.9. The van der Waals surface area contributed by atoms with Crippen LogP contribution in [-0.2, 0) is 0 Å². The lowest BCUT2D eigenvalue weighted by Gasteiger charge is -2.33. The van der Waals surface area contributed by atoms with Gasteiger partial charge in [-0.15, -0.1) is 0 Å². The first-order chi connectivity index (χ1) is 11.2. The number of piperidine rings is 1. The maximum Gasteiger partial charge on any atom is 0.257 e. The molecule has 23 heavy (non-hydrogen) atoms. The van der Waals surface area contributed by atoms with Crippen molar-refractivity contribution >= 4 is 17.7 Å².